The third kappa shape index (κ3) is 4.82. The molecule has 2 heterocycles. The van der Waals surface area contributed by atoms with Gasteiger partial charge >= 0.3 is 0 Å². The molecule has 0 spiro atoms. The molecule has 0 radical (unpaired) electrons. The van der Waals surface area contributed by atoms with Crippen molar-refractivity contribution in [1.29, 1.82) is 0 Å². The first kappa shape index (κ1) is 18.8. The van der Waals surface area contributed by atoms with Crippen molar-refractivity contribution in [3.8, 4) is 5.75 Å². The van der Waals surface area contributed by atoms with Gasteiger partial charge in [0, 0.05) is 11.8 Å². The van der Waals surface area contributed by atoms with E-state index in [-0.39, 0.29) is 24.1 Å². The van der Waals surface area contributed by atoms with E-state index < -0.39 is 6.04 Å². The molecular formula is C18H20N4O4S. The van der Waals surface area contributed by atoms with Crippen molar-refractivity contribution < 1.29 is 19.1 Å². The highest BCUT2D eigenvalue weighted by Crippen LogP contribution is 2.25. The van der Waals surface area contributed by atoms with Crippen molar-refractivity contribution in [2.24, 2.45) is 0 Å². The molecule has 2 aromatic rings. The monoisotopic (exact) mass is 388 g/mol. The van der Waals surface area contributed by atoms with Crippen LogP contribution in [0.2, 0.25) is 0 Å². The van der Waals surface area contributed by atoms with Gasteiger partial charge in [0.25, 0.3) is 0 Å². The Morgan fingerprint density at radius 1 is 1.37 bits per heavy atom. The number of amides is 3. The Bertz CT molecular complexity index is 880. The van der Waals surface area contributed by atoms with Gasteiger partial charge in [-0.3, -0.25) is 14.4 Å². The Morgan fingerprint density at radius 3 is 2.89 bits per heavy atom. The third-order valence-corrected chi connectivity index (χ3v) is 4.87. The van der Waals surface area contributed by atoms with Gasteiger partial charge in [-0.05, 0) is 31.0 Å². The van der Waals surface area contributed by atoms with Crippen LogP contribution < -0.4 is 20.7 Å². The van der Waals surface area contributed by atoms with Crippen LogP contribution in [0.25, 0.3) is 0 Å². The molecule has 0 unspecified atom stereocenters. The SMILES string of the molecule is COc1ccc(C)cc1NC(=O)Cc1csc(NC(=O)[C@H]2CCC(=O)N2)n1. The maximum atomic E-state index is 12.3. The zero-order chi connectivity index (χ0) is 19.4. The van der Waals surface area contributed by atoms with Crippen molar-refractivity contribution in [1.82, 2.24) is 10.3 Å². The molecule has 1 fully saturated rings. The Kier molecular flexibility index (Phi) is 5.70. The molecule has 142 valence electrons. The van der Waals surface area contributed by atoms with Gasteiger partial charge in [0.05, 0.1) is 24.9 Å². The highest BCUT2D eigenvalue weighted by atomic mass is 32.1. The summed E-state index contributed by atoms with van der Waals surface area (Å²) in [5.74, 6) is -0.0714. The van der Waals surface area contributed by atoms with Crippen molar-refractivity contribution in [2.75, 3.05) is 17.7 Å². The van der Waals surface area contributed by atoms with E-state index in [1.54, 1.807) is 18.6 Å². The number of methoxy groups -OCH3 is 1. The second-order valence-electron chi connectivity index (χ2n) is 6.22. The number of aryl methyl sites for hydroxylation is 1. The van der Waals surface area contributed by atoms with Gasteiger partial charge in [-0.25, -0.2) is 4.98 Å². The molecule has 27 heavy (non-hydrogen) atoms. The van der Waals surface area contributed by atoms with Gasteiger partial charge in [0.15, 0.2) is 5.13 Å². The van der Waals surface area contributed by atoms with E-state index in [0.717, 1.165) is 5.56 Å². The number of hydrogen-bond acceptors (Lipinski definition) is 6. The zero-order valence-corrected chi connectivity index (χ0v) is 15.8. The molecule has 1 aliphatic rings. The molecule has 9 heteroatoms. The minimum Gasteiger partial charge on any atom is -0.495 e. The number of thiazole rings is 1. The third-order valence-electron chi connectivity index (χ3n) is 4.06. The molecule has 1 atom stereocenters. The van der Waals surface area contributed by atoms with E-state index in [1.807, 2.05) is 19.1 Å². The lowest BCUT2D eigenvalue weighted by atomic mass is 10.2. The molecule has 1 aliphatic heterocycles. The number of aromatic nitrogens is 1. The predicted molar refractivity (Wildman–Crippen MR) is 102 cm³/mol. The van der Waals surface area contributed by atoms with E-state index in [9.17, 15) is 14.4 Å². The summed E-state index contributed by atoms with van der Waals surface area (Å²) in [7, 11) is 1.54. The van der Waals surface area contributed by atoms with Gasteiger partial charge in [0.2, 0.25) is 17.7 Å². The van der Waals surface area contributed by atoms with Crippen LogP contribution in [0.1, 0.15) is 24.1 Å². The first-order valence-corrected chi connectivity index (χ1v) is 9.31. The number of nitrogens with one attached hydrogen (secondary N) is 3. The quantitative estimate of drug-likeness (QED) is 0.700. The van der Waals surface area contributed by atoms with E-state index in [0.29, 0.717) is 35.1 Å². The van der Waals surface area contributed by atoms with Crippen molar-refractivity contribution in [3.05, 3.63) is 34.8 Å². The standard InChI is InChI=1S/C18H20N4O4S/c1-10-3-5-14(26-2)13(7-10)21-16(24)8-11-9-27-18(19-11)22-17(25)12-4-6-15(23)20-12/h3,5,7,9,12H,4,6,8H2,1-2H3,(H,20,23)(H,21,24)(H,19,22,25)/t12-/m1/s1. The second-order valence-corrected chi connectivity index (χ2v) is 7.08. The molecule has 8 nitrogen and oxygen atoms in total. The molecular weight excluding hydrogens is 368 g/mol. The lowest BCUT2D eigenvalue weighted by Crippen LogP contribution is -2.37. The fraction of sp³-hybridized carbons (Fsp3) is 0.333. The van der Waals surface area contributed by atoms with Crippen molar-refractivity contribution in [3.63, 3.8) is 0 Å². The summed E-state index contributed by atoms with van der Waals surface area (Å²) in [5, 5.41) is 10.2. The number of benzene rings is 1. The van der Waals surface area contributed by atoms with Crippen LogP contribution in [-0.2, 0) is 20.8 Å². The number of ether oxygens (including phenoxy) is 1. The molecule has 0 bridgehead atoms. The van der Waals surface area contributed by atoms with Gasteiger partial charge in [-0.2, -0.15) is 0 Å². The predicted octanol–water partition coefficient (Wildman–Crippen LogP) is 1.86. The molecule has 0 aliphatic carbocycles. The van der Waals surface area contributed by atoms with Crippen LogP contribution in [-0.4, -0.2) is 35.9 Å². The fourth-order valence-corrected chi connectivity index (χ4v) is 3.44. The molecule has 3 rings (SSSR count). The van der Waals surface area contributed by atoms with Gasteiger partial charge in [0.1, 0.15) is 11.8 Å². The molecule has 3 N–H and O–H groups in total. The Morgan fingerprint density at radius 2 is 2.19 bits per heavy atom. The highest BCUT2D eigenvalue weighted by Gasteiger charge is 2.27. The smallest absolute Gasteiger partial charge is 0.248 e. The summed E-state index contributed by atoms with van der Waals surface area (Å²) in [5.41, 5.74) is 2.15. The second kappa shape index (κ2) is 8.17. The Labute approximate surface area is 160 Å². The maximum Gasteiger partial charge on any atom is 0.248 e. The number of nitrogens with zero attached hydrogens (tertiary/aromatic N) is 1. The Balaban J connectivity index is 1.57. The number of anilines is 2. The summed E-state index contributed by atoms with van der Waals surface area (Å²) in [6, 6.07) is 5.00. The highest BCUT2D eigenvalue weighted by molar-refractivity contribution is 7.13. The molecule has 1 aromatic carbocycles. The normalized spacial score (nSPS) is 15.9. The summed E-state index contributed by atoms with van der Waals surface area (Å²) >= 11 is 1.24. The van der Waals surface area contributed by atoms with Gasteiger partial charge in [-0.15, -0.1) is 11.3 Å². The number of rotatable bonds is 6. The van der Waals surface area contributed by atoms with Crippen LogP contribution in [0.3, 0.4) is 0 Å². The minimum atomic E-state index is -0.526. The average molecular weight is 388 g/mol. The van der Waals surface area contributed by atoms with E-state index in [2.05, 4.69) is 20.9 Å². The van der Waals surface area contributed by atoms with Crippen molar-refractivity contribution >= 4 is 39.9 Å². The number of carbonyl (C=O) groups is 3. The van der Waals surface area contributed by atoms with Gasteiger partial charge < -0.3 is 20.7 Å². The van der Waals surface area contributed by atoms with E-state index >= 15 is 0 Å². The lowest BCUT2D eigenvalue weighted by Gasteiger charge is -2.10. The molecule has 1 aromatic heterocycles. The zero-order valence-electron chi connectivity index (χ0n) is 15.0. The van der Waals surface area contributed by atoms with Gasteiger partial charge in [-0.1, -0.05) is 6.07 Å². The minimum absolute atomic E-state index is 0.0730. The molecule has 1 saturated heterocycles. The Hall–Kier alpha value is -2.94. The first-order valence-electron chi connectivity index (χ1n) is 8.43. The maximum absolute atomic E-state index is 12.3. The number of carbonyl (C=O) groups excluding carboxylic acids is 3. The summed E-state index contributed by atoms with van der Waals surface area (Å²) < 4.78 is 5.25. The van der Waals surface area contributed by atoms with Crippen LogP contribution in [0, 0.1) is 6.92 Å². The van der Waals surface area contributed by atoms with Crippen LogP contribution in [0.15, 0.2) is 23.6 Å². The van der Waals surface area contributed by atoms with Crippen LogP contribution in [0.5, 0.6) is 5.75 Å². The van der Waals surface area contributed by atoms with E-state index in [1.165, 1.54) is 11.3 Å². The van der Waals surface area contributed by atoms with Crippen molar-refractivity contribution in [2.45, 2.75) is 32.2 Å². The fourth-order valence-electron chi connectivity index (χ4n) is 2.73. The summed E-state index contributed by atoms with van der Waals surface area (Å²) in [4.78, 5) is 39.8. The van der Waals surface area contributed by atoms with Crippen LogP contribution >= 0.6 is 11.3 Å². The summed E-state index contributed by atoms with van der Waals surface area (Å²) in [6.45, 7) is 1.93. The topological polar surface area (TPSA) is 109 Å². The van der Waals surface area contributed by atoms with Crippen LogP contribution in [0.4, 0.5) is 10.8 Å². The van der Waals surface area contributed by atoms with E-state index in [4.69, 9.17) is 4.74 Å². The molecule has 0 saturated carbocycles. The summed E-state index contributed by atoms with van der Waals surface area (Å²) in [6.07, 6.45) is 0.900. The number of hydrogen-bond donors (Lipinski definition) is 3. The largest absolute Gasteiger partial charge is 0.495 e. The first-order chi connectivity index (χ1) is 12.9. The lowest BCUT2D eigenvalue weighted by molar-refractivity contribution is -0.122. The molecule has 3 amide bonds. The average Bonchev–Trinajstić information content (AvgIpc) is 3.24.